The van der Waals surface area contributed by atoms with E-state index in [2.05, 4.69) is 43.0 Å². The molecular weight excluding hydrogens is 392 g/mol. The van der Waals surface area contributed by atoms with E-state index in [1.807, 2.05) is 36.5 Å². The molecule has 2 N–H and O–H groups in total. The van der Waals surface area contributed by atoms with E-state index in [9.17, 15) is 4.79 Å². The number of H-pyrrole nitrogens is 2. The molecule has 3 aromatic heterocycles. The van der Waals surface area contributed by atoms with E-state index in [0.29, 0.717) is 12.1 Å². The fraction of sp³-hybridized carbons (Fsp3) is 0.100. The number of para-hydroxylation sites is 1. The molecule has 0 aliphatic carbocycles. The standard InChI is InChI=1S/C20H15BrN4O/c21-13-5-6-17-15(9-13)18-19(24-17)20(26)25(11-23-18)8-7-12-10-22-16-4-2-1-3-14(12)16/h1-6,9-11,22,24H,7-8H2. The molecule has 5 nitrogen and oxygen atoms in total. The molecule has 2 aromatic carbocycles. The summed E-state index contributed by atoms with van der Waals surface area (Å²) in [4.78, 5) is 23.9. The first-order valence-electron chi connectivity index (χ1n) is 8.42. The minimum atomic E-state index is -0.0397. The summed E-state index contributed by atoms with van der Waals surface area (Å²) in [6.07, 6.45) is 4.43. The summed E-state index contributed by atoms with van der Waals surface area (Å²) in [5, 5.41) is 2.15. The van der Waals surface area contributed by atoms with E-state index in [4.69, 9.17) is 0 Å². The van der Waals surface area contributed by atoms with Crippen LogP contribution in [0.5, 0.6) is 0 Å². The van der Waals surface area contributed by atoms with Gasteiger partial charge >= 0.3 is 0 Å². The van der Waals surface area contributed by atoms with Gasteiger partial charge in [-0.3, -0.25) is 9.36 Å². The normalized spacial score (nSPS) is 11.7. The van der Waals surface area contributed by atoms with Crippen molar-refractivity contribution in [3.8, 4) is 0 Å². The van der Waals surface area contributed by atoms with E-state index in [-0.39, 0.29) is 5.56 Å². The second-order valence-electron chi connectivity index (χ2n) is 6.39. The third-order valence-electron chi connectivity index (χ3n) is 4.83. The number of aromatic nitrogens is 4. The highest BCUT2D eigenvalue weighted by Gasteiger charge is 2.12. The van der Waals surface area contributed by atoms with Gasteiger partial charge in [-0.1, -0.05) is 34.1 Å². The first-order chi connectivity index (χ1) is 12.7. The maximum absolute atomic E-state index is 12.9. The highest BCUT2D eigenvalue weighted by Crippen LogP contribution is 2.25. The summed E-state index contributed by atoms with van der Waals surface area (Å²) in [6, 6.07) is 14.1. The number of nitrogens with zero attached hydrogens (tertiary/aromatic N) is 2. The van der Waals surface area contributed by atoms with E-state index >= 15 is 0 Å². The number of halogens is 1. The van der Waals surface area contributed by atoms with Crippen LogP contribution in [0.25, 0.3) is 32.8 Å². The van der Waals surface area contributed by atoms with Crippen molar-refractivity contribution in [2.75, 3.05) is 0 Å². The Kier molecular flexibility index (Phi) is 3.46. The summed E-state index contributed by atoms with van der Waals surface area (Å²) < 4.78 is 2.64. The molecule has 0 saturated heterocycles. The molecule has 6 heteroatoms. The van der Waals surface area contributed by atoms with Gasteiger partial charge in [-0.2, -0.15) is 0 Å². The quantitative estimate of drug-likeness (QED) is 0.467. The Morgan fingerprint density at radius 2 is 1.96 bits per heavy atom. The smallest absolute Gasteiger partial charge is 0.277 e. The molecular formula is C20H15BrN4O. The molecule has 5 aromatic rings. The van der Waals surface area contributed by atoms with Crippen LogP contribution in [-0.2, 0) is 13.0 Å². The zero-order chi connectivity index (χ0) is 17.7. The predicted molar refractivity (Wildman–Crippen MR) is 108 cm³/mol. The van der Waals surface area contributed by atoms with E-state index in [0.717, 1.165) is 32.8 Å². The number of benzene rings is 2. The van der Waals surface area contributed by atoms with Crippen molar-refractivity contribution in [2.24, 2.45) is 0 Å². The van der Waals surface area contributed by atoms with Crippen LogP contribution in [0.1, 0.15) is 5.56 Å². The van der Waals surface area contributed by atoms with E-state index in [1.165, 1.54) is 10.9 Å². The number of fused-ring (bicyclic) bond motifs is 4. The molecule has 0 fully saturated rings. The van der Waals surface area contributed by atoms with Crippen molar-refractivity contribution in [1.29, 1.82) is 0 Å². The lowest BCUT2D eigenvalue weighted by molar-refractivity contribution is 0.664. The van der Waals surface area contributed by atoms with Gasteiger partial charge in [-0.25, -0.2) is 4.98 Å². The fourth-order valence-electron chi connectivity index (χ4n) is 3.50. The van der Waals surface area contributed by atoms with Crippen LogP contribution < -0.4 is 5.56 Å². The average Bonchev–Trinajstić information content (AvgIpc) is 3.23. The predicted octanol–water partition coefficient (Wildman–Crippen LogP) is 4.36. The molecule has 0 saturated carbocycles. The third-order valence-corrected chi connectivity index (χ3v) is 5.32. The van der Waals surface area contributed by atoms with Crippen LogP contribution in [-0.4, -0.2) is 19.5 Å². The van der Waals surface area contributed by atoms with Crippen LogP contribution in [0.4, 0.5) is 0 Å². The van der Waals surface area contributed by atoms with Crippen LogP contribution in [0.15, 0.2) is 64.3 Å². The second-order valence-corrected chi connectivity index (χ2v) is 7.31. The molecule has 0 amide bonds. The first-order valence-corrected chi connectivity index (χ1v) is 9.21. The van der Waals surface area contributed by atoms with Gasteiger partial charge in [0.15, 0.2) is 0 Å². The van der Waals surface area contributed by atoms with Gasteiger partial charge in [-0.15, -0.1) is 0 Å². The number of aromatic amines is 2. The lowest BCUT2D eigenvalue weighted by Gasteiger charge is -2.04. The van der Waals surface area contributed by atoms with Gasteiger partial charge in [0.25, 0.3) is 5.56 Å². The Bertz CT molecular complexity index is 1330. The molecule has 0 spiro atoms. The summed E-state index contributed by atoms with van der Waals surface area (Å²) in [6.45, 7) is 0.586. The molecule has 0 atom stereocenters. The fourth-order valence-corrected chi connectivity index (χ4v) is 3.86. The molecule has 5 rings (SSSR count). The molecule has 0 aliphatic heterocycles. The Morgan fingerprint density at radius 1 is 1.08 bits per heavy atom. The Hall–Kier alpha value is -2.86. The third kappa shape index (κ3) is 2.37. The molecule has 3 heterocycles. The summed E-state index contributed by atoms with van der Waals surface area (Å²) >= 11 is 3.47. The maximum atomic E-state index is 12.9. The monoisotopic (exact) mass is 406 g/mol. The second kappa shape index (κ2) is 5.85. The van der Waals surface area contributed by atoms with Gasteiger partial charge < -0.3 is 9.97 Å². The molecule has 0 bridgehead atoms. The van der Waals surface area contributed by atoms with Crippen LogP contribution in [0.2, 0.25) is 0 Å². The van der Waals surface area contributed by atoms with Crippen molar-refractivity contribution in [1.82, 2.24) is 19.5 Å². The zero-order valence-electron chi connectivity index (χ0n) is 13.8. The van der Waals surface area contributed by atoms with Gasteiger partial charge in [-0.05, 0) is 36.2 Å². The Balaban J connectivity index is 1.54. The van der Waals surface area contributed by atoms with Gasteiger partial charge in [0.05, 0.1) is 6.33 Å². The molecule has 0 aliphatic rings. The highest BCUT2D eigenvalue weighted by molar-refractivity contribution is 9.10. The number of hydrogen-bond acceptors (Lipinski definition) is 2. The van der Waals surface area contributed by atoms with E-state index in [1.54, 1.807) is 10.9 Å². The minimum Gasteiger partial charge on any atom is -0.361 e. The van der Waals surface area contributed by atoms with Crippen molar-refractivity contribution in [3.05, 3.63) is 75.4 Å². The Labute approximate surface area is 156 Å². The summed E-state index contributed by atoms with van der Waals surface area (Å²) in [7, 11) is 0. The van der Waals surface area contributed by atoms with Gasteiger partial charge in [0.2, 0.25) is 0 Å². The minimum absolute atomic E-state index is 0.0397. The number of hydrogen-bond donors (Lipinski definition) is 2. The van der Waals surface area contributed by atoms with Crippen molar-refractivity contribution >= 4 is 48.8 Å². The number of rotatable bonds is 3. The van der Waals surface area contributed by atoms with Crippen LogP contribution in [0.3, 0.4) is 0 Å². The average molecular weight is 407 g/mol. The number of aryl methyl sites for hydroxylation is 2. The lowest BCUT2D eigenvalue weighted by atomic mass is 10.1. The van der Waals surface area contributed by atoms with Gasteiger partial charge in [0.1, 0.15) is 11.0 Å². The first kappa shape index (κ1) is 15.4. The molecule has 26 heavy (non-hydrogen) atoms. The van der Waals surface area contributed by atoms with E-state index < -0.39 is 0 Å². The molecule has 0 radical (unpaired) electrons. The summed E-state index contributed by atoms with van der Waals surface area (Å²) in [5.74, 6) is 0. The molecule has 128 valence electrons. The van der Waals surface area contributed by atoms with Gasteiger partial charge in [0, 0.05) is 39.0 Å². The maximum Gasteiger partial charge on any atom is 0.277 e. The van der Waals surface area contributed by atoms with Crippen LogP contribution in [0, 0.1) is 0 Å². The van der Waals surface area contributed by atoms with Crippen molar-refractivity contribution in [3.63, 3.8) is 0 Å². The largest absolute Gasteiger partial charge is 0.361 e. The summed E-state index contributed by atoms with van der Waals surface area (Å²) in [5.41, 5.74) is 4.47. The zero-order valence-corrected chi connectivity index (χ0v) is 15.4. The highest BCUT2D eigenvalue weighted by atomic mass is 79.9. The number of nitrogens with one attached hydrogen (secondary N) is 2. The molecule has 0 unspecified atom stereocenters. The van der Waals surface area contributed by atoms with Crippen molar-refractivity contribution in [2.45, 2.75) is 13.0 Å². The topological polar surface area (TPSA) is 66.5 Å². The SMILES string of the molecule is O=c1c2[nH]c3ccc(Br)cc3c2ncn1CCc1c[nH]c2ccccc12. The lowest BCUT2D eigenvalue weighted by Crippen LogP contribution is -2.21. The van der Waals surface area contributed by atoms with Crippen LogP contribution >= 0.6 is 15.9 Å². The Morgan fingerprint density at radius 3 is 2.88 bits per heavy atom. The van der Waals surface area contributed by atoms with Crippen molar-refractivity contribution < 1.29 is 0 Å².